The van der Waals surface area contributed by atoms with Crippen LogP contribution in [0.2, 0.25) is 0 Å². The van der Waals surface area contributed by atoms with Gasteiger partial charge in [0.05, 0.1) is 6.61 Å². The maximum absolute atomic E-state index is 11.8. The van der Waals surface area contributed by atoms with Crippen molar-refractivity contribution in [3.8, 4) is 0 Å². The summed E-state index contributed by atoms with van der Waals surface area (Å²) in [5, 5.41) is 15.0. The molecule has 1 fully saturated rings. The van der Waals surface area contributed by atoms with E-state index in [2.05, 4.69) is 24.5 Å². The molecule has 1 aliphatic carbocycles. The molecular weight excluding hydrogens is 264 g/mol. The number of nitrogens with one attached hydrogen (secondary N) is 2. The van der Waals surface area contributed by atoms with Crippen molar-refractivity contribution in [1.82, 2.24) is 5.32 Å². The molecular formula is C17H26N2O2. The Bertz CT molecular complexity index is 458. The summed E-state index contributed by atoms with van der Waals surface area (Å²) >= 11 is 0. The monoisotopic (exact) mass is 290 g/mol. The lowest BCUT2D eigenvalue weighted by Gasteiger charge is -2.35. The zero-order valence-corrected chi connectivity index (χ0v) is 12.9. The van der Waals surface area contributed by atoms with Gasteiger partial charge in [-0.25, -0.2) is 0 Å². The predicted octanol–water partition coefficient (Wildman–Crippen LogP) is 2.65. The van der Waals surface area contributed by atoms with E-state index in [1.54, 1.807) is 0 Å². The minimum absolute atomic E-state index is 0.0386. The van der Waals surface area contributed by atoms with E-state index >= 15 is 0 Å². The van der Waals surface area contributed by atoms with Crippen molar-refractivity contribution in [2.24, 2.45) is 11.8 Å². The summed E-state index contributed by atoms with van der Waals surface area (Å²) in [5.74, 6) is 1.29. The quantitative estimate of drug-likeness (QED) is 0.781. The second kappa shape index (κ2) is 7.46. The molecule has 0 aromatic heterocycles. The predicted molar refractivity (Wildman–Crippen MR) is 85.5 cm³/mol. The second-order valence-corrected chi connectivity index (χ2v) is 6.07. The van der Waals surface area contributed by atoms with Crippen LogP contribution in [-0.4, -0.2) is 30.2 Å². The topological polar surface area (TPSA) is 61.4 Å². The van der Waals surface area contributed by atoms with Crippen LogP contribution >= 0.6 is 0 Å². The van der Waals surface area contributed by atoms with Gasteiger partial charge < -0.3 is 15.7 Å². The smallest absolute Gasteiger partial charge is 0.251 e. The Hall–Kier alpha value is -1.55. The average molecular weight is 290 g/mol. The molecule has 116 valence electrons. The Labute approximate surface area is 126 Å². The van der Waals surface area contributed by atoms with E-state index < -0.39 is 0 Å². The van der Waals surface area contributed by atoms with Crippen LogP contribution in [0.4, 0.5) is 5.69 Å². The number of hydrogen-bond donors (Lipinski definition) is 3. The molecule has 1 aliphatic rings. The van der Waals surface area contributed by atoms with Crippen LogP contribution in [-0.2, 0) is 0 Å². The van der Waals surface area contributed by atoms with E-state index in [0.29, 0.717) is 17.5 Å². The van der Waals surface area contributed by atoms with Crippen molar-refractivity contribution >= 4 is 11.6 Å². The molecule has 3 atom stereocenters. The zero-order chi connectivity index (χ0) is 15.2. The van der Waals surface area contributed by atoms with Gasteiger partial charge in [-0.05, 0) is 42.5 Å². The van der Waals surface area contributed by atoms with Gasteiger partial charge in [0.2, 0.25) is 0 Å². The van der Waals surface area contributed by atoms with Gasteiger partial charge in [-0.3, -0.25) is 4.79 Å². The van der Waals surface area contributed by atoms with Gasteiger partial charge in [0.1, 0.15) is 0 Å². The number of rotatable bonds is 5. The first-order valence-electron chi connectivity index (χ1n) is 7.87. The zero-order valence-electron chi connectivity index (χ0n) is 12.9. The first kappa shape index (κ1) is 15.8. The third-order valence-corrected chi connectivity index (χ3v) is 4.60. The van der Waals surface area contributed by atoms with E-state index in [0.717, 1.165) is 11.6 Å². The highest BCUT2D eigenvalue weighted by Gasteiger charge is 2.26. The molecule has 0 aliphatic heterocycles. The number of aliphatic hydroxyl groups is 1. The molecule has 0 spiro atoms. The largest absolute Gasteiger partial charge is 0.395 e. The fourth-order valence-electron chi connectivity index (χ4n) is 2.99. The molecule has 1 aromatic carbocycles. The number of aliphatic hydroxyl groups excluding tert-OH is 1. The average Bonchev–Trinajstić information content (AvgIpc) is 2.50. The standard InChI is InChI=1S/C17H26N2O2/c1-12-4-3-5-16(13(12)2)19-15-8-6-14(7-9-15)17(21)18-10-11-20/h6-9,12-13,16,19-20H,3-5,10-11H2,1-2H3,(H,18,21). The minimum Gasteiger partial charge on any atom is -0.395 e. The molecule has 0 heterocycles. The molecule has 1 amide bonds. The van der Waals surface area contributed by atoms with Crippen molar-refractivity contribution in [2.45, 2.75) is 39.2 Å². The summed E-state index contributed by atoms with van der Waals surface area (Å²) in [7, 11) is 0. The summed E-state index contributed by atoms with van der Waals surface area (Å²) in [6, 6.07) is 8.08. The van der Waals surface area contributed by atoms with Crippen LogP contribution in [0, 0.1) is 11.8 Å². The van der Waals surface area contributed by atoms with Crippen LogP contribution in [0.15, 0.2) is 24.3 Å². The molecule has 1 aromatic rings. The van der Waals surface area contributed by atoms with Crippen LogP contribution in [0.5, 0.6) is 0 Å². The van der Waals surface area contributed by atoms with Crippen LogP contribution < -0.4 is 10.6 Å². The fourth-order valence-corrected chi connectivity index (χ4v) is 2.99. The van der Waals surface area contributed by atoms with Crippen molar-refractivity contribution < 1.29 is 9.90 Å². The highest BCUT2D eigenvalue weighted by molar-refractivity contribution is 5.94. The maximum Gasteiger partial charge on any atom is 0.251 e. The number of carbonyl (C=O) groups is 1. The highest BCUT2D eigenvalue weighted by Crippen LogP contribution is 2.31. The van der Waals surface area contributed by atoms with Gasteiger partial charge in [-0.1, -0.05) is 26.7 Å². The Morgan fingerprint density at radius 3 is 2.62 bits per heavy atom. The number of carbonyl (C=O) groups excluding carboxylic acids is 1. The SMILES string of the molecule is CC1CCCC(Nc2ccc(C(=O)NCCO)cc2)C1C. The Balaban J connectivity index is 1.94. The van der Waals surface area contributed by atoms with Gasteiger partial charge in [0.25, 0.3) is 5.91 Å². The van der Waals surface area contributed by atoms with Gasteiger partial charge >= 0.3 is 0 Å². The van der Waals surface area contributed by atoms with Gasteiger partial charge in [-0.2, -0.15) is 0 Å². The molecule has 4 heteroatoms. The summed E-state index contributed by atoms with van der Waals surface area (Å²) in [6.45, 7) is 4.89. The number of hydrogen-bond acceptors (Lipinski definition) is 3. The summed E-state index contributed by atoms with van der Waals surface area (Å²) in [6.07, 6.45) is 3.82. The molecule has 1 saturated carbocycles. The van der Waals surface area contributed by atoms with E-state index in [9.17, 15) is 4.79 Å². The van der Waals surface area contributed by atoms with Crippen molar-refractivity contribution in [1.29, 1.82) is 0 Å². The molecule has 4 nitrogen and oxygen atoms in total. The van der Waals surface area contributed by atoms with Gasteiger partial charge in [0, 0.05) is 23.8 Å². The molecule has 3 N–H and O–H groups in total. The first-order valence-corrected chi connectivity index (χ1v) is 7.87. The third kappa shape index (κ3) is 4.21. The lowest BCUT2D eigenvalue weighted by Crippen LogP contribution is -2.35. The Kier molecular flexibility index (Phi) is 5.62. The van der Waals surface area contributed by atoms with Crippen LogP contribution in [0.1, 0.15) is 43.5 Å². The fraction of sp³-hybridized carbons (Fsp3) is 0.588. The first-order chi connectivity index (χ1) is 10.1. The summed E-state index contributed by atoms with van der Waals surface area (Å²) in [5.41, 5.74) is 1.69. The van der Waals surface area contributed by atoms with E-state index in [1.165, 1.54) is 19.3 Å². The van der Waals surface area contributed by atoms with E-state index in [1.807, 2.05) is 24.3 Å². The third-order valence-electron chi connectivity index (χ3n) is 4.60. The van der Waals surface area contributed by atoms with Crippen molar-refractivity contribution in [3.63, 3.8) is 0 Å². The molecule has 2 rings (SSSR count). The Morgan fingerprint density at radius 1 is 1.24 bits per heavy atom. The van der Waals surface area contributed by atoms with E-state index in [4.69, 9.17) is 5.11 Å². The summed E-state index contributed by atoms with van der Waals surface area (Å²) in [4.78, 5) is 11.8. The maximum atomic E-state index is 11.8. The number of amides is 1. The van der Waals surface area contributed by atoms with Crippen LogP contribution in [0.25, 0.3) is 0 Å². The molecule has 0 saturated heterocycles. The molecule has 0 radical (unpaired) electrons. The number of benzene rings is 1. The van der Waals surface area contributed by atoms with Crippen molar-refractivity contribution in [2.75, 3.05) is 18.5 Å². The summed E-state index contributed by atoms with van der Waals surface area (Å²) < 4.78 is 0. The minimum atomic E-state index is -0.143. The number of anilines is 1. The second-order valence-electron chi connectivity index (χ2n) is 6.07. The van der Waals surface area contributed by atoms with Crippen LogP contribution in [0.3, 0.4) is 0 Å². The van der Waals surface area contributed by atoms with Gasteiger partial charge in [0.15, 0.2) is 0 Å². The molecule has 3 unspecified atom stereocenters. The highest BCUT2D eigenvalue weighted by atomic mass is 16.3. The Morgan fingerprint density at radius 2 is 1.95 bits per heavy atom. The van der Waals surface area contributed by atoms with Crippen molar-refractivity contribution in [3.05, 3.63) is 29.8 Å². The lowest BCUT2D eigenvalue weighted by atomic mass is 9.78. The van der Waals surface area contributed by atoms with E-state index in [-0.39, 0.29) is 19.1 Å². The normalized spacial score (nSPS) is 25.4. The lowest BCUT2D eigenvalue weighted by molar-refractivity contribution is 0.0945. The molecule has 0 bridgehead atoms. The molecule has 21 heavy (non-hydrogen) atoms. The van der Waals surface area contributed by atoms with Gasteiger partial charge in [-0.15, -0.1) is 0 Å².